The van der Waals surface area contributed by atoms with Crippen LogP contribution in [0, 0.1) is 18.3 Å². The van der Waals surface area contributed by atoms with Gasteiger partial charge in [0.05, 0.1) is 11.6 Å². The summed E-state index contributed by atoms with van der Waals surface area (Å²) in [6, 6.07) is 7.79. The highest BCUT2D eigenvalue weighted by Crippen LogP contribution is 2.12. The van der Waals surface area contributed by atoms with Crippen molar-refractivity contribution >= 4 is 5.69 Å². The molecule has 0 amide bonds. The quantitative estimate of drug-likeness (QED) is 0.755. The summed E-state index contributed by atoms with van der Waals surface area (Å²) in [6.45, 7) is 9.97. The molecule has 0 aliphatic heterocycles. The van der Waals surface area contributed by atoms with Crippen molar-refractivity contribution in [2.24, 2.45) is 0 Å². The molecule has 0 fully saturated rings. The lowest BCUT2D eigenvalue weighted by atomic mass is 10.1. The van der Waals surface area contributed by atoms with Crippen LogP contribution in [0.5, 0.6) is 0 Å². The average Bonchev–Trinajstić information content (AvgIpc) is 2.33. The van der Waals surface area contributed by atoms with Gasteiger partial charge in [-0.3, -0.25) is 0 Å². The number of aryl methyl sites for hydroxylation is 1. The molecule has 0 radical (unpaired) electrons. The van der Waals surface area contributed by atoms with E-state index in [1.165, 1.54) is 0 Å². The molecule has 0 aromatic heterocycles. The van der Waals surface area contributed by atoms with Crippen LogP contribution in [0.2, 0.25) is 0 Å². The molecule has 0 saturated carbocycles. The Kier molecular flexibility index (Phi) is 11.3. The first-order valence-electron chi connectivity index (χ1n) is 5.46. The average molecular weight is 206 g/mol. The minimum atomic E-state index is 0.703. The van der Waals surface area contributed by atoms with Crippen LogP contribution in [0.15, 0.2) is 18.2 Å². The molecule has 1 rings (SSSR count). The Morgan fingerprint density at radius 1 is 1.07 bits per heavy atom. The van der Waals surface area contributed by atoms with Crippen molar-refractivity contribution in [3.8, 4) is 6.07 Å². The molecule has 2 heteroatoms. The topological polar surface area (TPSA) is 35.8 Å². The lowest BCUT2D eigenvalue weighted by Gasteiger charge is -2.01. The molecule has 0 bridgehead atoms. The zero-order valence-corrected chi connectivity index (χ0v) is 10.7. The van der Waals surface area contributed by atoms with Crippen molar-refractivity contribution in [1.82, 2.24) is 0 Å². The van der Waals surface area contributed by atoms with Crippen LogP contribution in [0.3, 0.4) is 0 Å². The molecular weight excluding hydrogens is 184 g/mol. The van der Waals surface area contributed by atoms with Gasteiger partial charge in [-0.2, -0.15) is 5.26 Å². The number of anilines is 1. The molecule has 0 spiro atoms. The second kappa shape index (κ2) is 10.6. The molecule has 0 saturated heterocycles. The van der Waals surface area contributed by atoms with Crippen molar-refractivity contribution < 1.29 is 0 Å². The second-order valence-corrected chi connectivity index (χ2v) is 2.45. The number of benzene rings is 1. The van der Waals surface area contributed by atoms with E-state index in [2.05, 4.69) is 11.4 Å². The van der Waals surface area contributed by atoms with Gasteiger partial charge in [-0.1, -0.05) is 27.7 Å². The summed E-state index contributed by atoms with van der Waals surface area (Å²) < 4.78 is 0. The molecule has 1 aromatic carbocycles. The van der Waals surface area contributed by atoms with Gasteiger partial charge in [0.25, 0.3) is 0 Å². The predicted molar refractivity (Wildman–Crippen MR) is 68.1 cm³/mol. The Hall–Kier alpha value is -1.49. The van der Waals surface area contributed by atoms with Gasteiger partial charge < -0.3 is 5.32 Å². The molecule has 0 atom stereocenters. The summed E-state index contributed by atoms with van der Waals surface area (Å²) in [5.74, 6) is 0. The minimum absolute atomic E-state index is 0.703. The normalized spacial score (nSPS) is 7.27. The van der Waals surface area contributed by atoms with Crippen LogP contribution in [0.1, 0.15) is 38.8 Å². The van der Waals surface area contributed by atoms with Crippen LogP contribution >= 0.6 is 0 Å². The van der Waals surface area contributed by atoms with Gasteiger partial charge in [-0.05, 0) is 30.7 Å². The Balaban J connectivity index is 0. The predicted octanol–water partition coefficient (Wildman–Crippen LogP) is 3.96. The zero-order chi connectivity index (χ0) is 12.3. The van der Waals surface area contributed by atoms with E-state index in [-0.39, 0.29) is 0 Å². The molecule has 15 heavy (non-hydrogen) atoms. The zero-order valence-electron chi connectivity index (χ0n) is 10.7. The Bertz CT molecular complexity index is 298. The minimum Gasteiger partial charge on any atom is -0.388 e. The third-order valence-electron chi connectivity index (χ3n) is 1.50. The van der Waals surface area contributed by atoms with E-state index in [9.17, 15) is 0 Å². The van der Waals surface area contributed by atoms with Gasteiger partial charge in [0.1, 0.15) is 0 Å². The van der Waals surface area contributed by atoms with Crippen LogP contribution < -0.4 is 5.32 Å². The number of nitrogens with one attached hydrogen (secondary N) is 1. The highest BCUT2D eigenvalue weighted by Gasteiger charge is 1.94. The fourth-order valence-corrected chi connectivity index (χ4v) is 0.992. The van der Waals surface area contributed by atoms with E-state index in [4.69, 9.17) is 5.26 Å². The van der Waals surface area contributed by atoms with Crippen molar-refractivity contribution in [3.63, 3.8) is 0 Å². The van der Waals surface area contributed by atoms with Crippen molar-refractivity contribution in [3.05, 3.63) is 29.3 Å². The maximum Gasteiger partial charge on any atom is 0.0992 e. The van der Waals surface area contributed by atoms with E-state index in [1.807, 2.05) is 59.9 Å². The van der Waals surface area contributed by atoms with Crippen LogP contribution in [0.4, 0.5) is 5.69 Å². The third kappa shape index (κ3) is 6.56. The summed E-state index contributed by atoms with van der Waals surface area (Å²) in [7, 11) is 1.84. The smallest absolute Gasteiger partial charge is 0.0992 e. The Morgan fingerprint density at radius 3 is 2.00 bits per heavy atom. The Labute approximate surface area is 93.9 Å². The molecule has 1 N–H and O–H groups in total. The van der Waals surface area contributed by atoms with Gasteiger partial charge in [-0.25, -0.2) is 0 Å². The molecule has 2 nitrogen and oxygen atoms in total. The lowest BCUT2D eigenvalue weighted by Crippen LogP contribution is -1.89. The van der Waals surface area contributed by atoms with Gasteiger partial charge in [0, 0.05) is 12.7 Å². The van der Waals surface area contributed by atoms with E-state index in [1.54, 1.807) is 0 Å². The van der Waals surface area contributed by atoms with Crippen LogP contribution in [-0.4, -0.2) is 7.05 Å². The second-order valence-electron chi connectivity index (χ2n) is 2.45. The number of rotatable bonds is 1. The number of nitrogens with zero attached hydrogens (tertiary/aromatic N) is 1. The first kappa shape index (κ1) is 16.0. The number of hydrogen-bond acceptors (Lipinski definition) is 2. The molecule has 0 aliphatic carbocycles. The third-order valence-corrected chi connectivity index (χ3v) is 1.50. The van der Waals surface area contributed by atoms with Gasteiger partial charge >= 0.3 is 0 Å². The SMILES string of the molecule is CC.CC.CNc1cc(C)cc(C#N)c1. The van der Waals surface area contributed by atoms with Gasteiger partial charge in [-0.15, -0.1) is 0 Å². The fraction of sp³-hybridized carbons (Fsp3) is 0.462. The number of hydrogen-bond donors (Lipinski definition) is 1. The standard InChI is InChI=1S/C9H10N2.2C2H6/c1-7-3-8(6-10)5-9(4-7)11-2;2*1-2/h3-5,11H,1-2H3;2*1-2H3. The van der Waals surface area contributed by atoms with E-state index in [0.717, 1.165) is 11.3 Å². The monoisotopic (exact) mass is 206 g/mol. The first-order chi connectivity index (χ1) is 7.26. The summed E-state index contributed by atoms with van der Waals surface area (Å²) in [4.78, 5) is 0. The van der Waals surface area contributed by atoms with Crippen molar-refractivity contribution in [2.75, 3.05) is 12.4 Å². The largest absolute Gasteiger partial charge is 0.388 e. The van der Waals surface area contributed by atoms with E-state index >= 15 is 0 Å². The Morgan fingerprint density at radius 2 is 1.60 bits per heavy atom. The molecule has 84 valence electrons. The molecule has 0 unspecified atom stereocenters. The maximum absolute atomic E-state index is 8.60. The lowest BCUT2D eigenvalue weighted by molar-refractivity contribution is 1.39. The summed E-state index contributed by atoms with van der Waals surface area (Å²) in [5, 5.41) is 11.6. The maximum atomic E-state index is 8.60. The van der Waals surface area contributed by atoms with E-state index in [0.29, 0.717) is 5.56 Å². The molecule has 0 aliphatic rings. The molecule has 0 heterocycles. The highest BCUT2D eigenvalue weighted by molar-refractivity contribution is 5.51. The highest BCUT2D eigenvalue weighted by atomic mass is 14.8. The molecule has 1 aromatic rings. The number of nitriles is 1. The van der Waals surface area contributed by atoms with Crippen molar-refractivity contribution in [1.29, 1.82) is 5.26 Å². The van der Waals surface area contributed by atoms with Gasteiger partial charge in [0.15, 0.2) is 0 Å². The summed E-state index contributed by atoms with van der Waals surface area (Å²) >= 11 is 0. The van der Waals surface area contributed by atoms with Crippen molar-refractivity contribution in [2.45, 2.75) is 34.6 Å². The van der Waals surface area contributed by atoms with E-state index < -0.39 is 0 Å². The van der Waals surface area contributed by atoms with Crippen LogP contribution in [-0.2, 0) is 0 Å². The fourth-order valence-electron chi connectivity index (χ4n) is 0.992. The molecular formula is C13H22N2. The first-order valence-corrected chi connectivity index (χ1v) is 5.46. The van der Waals surface area contributed by atoms with Gasteiger partial charge in [0.2, 0.25) is 0 Å². The van der Waals surface area contributed by atoms with Crippen LogP contribution in [0.25, 0.3) is 0 Å². The summed E-state index contributed by atoms with van der Waals surface area (Å²) in [5.41, 5.74) is 2.80. The summed E-state index contributed by atoms with van der Waals surface area (Å²) in [6.07, 6.45) is 0.